The second-order valence-corrected chi connectivity index (χ2v) is 8.73. The molecule has 39 heavy (non-hydrogen) atoms. The minimum Gasteiger partial charge on any atom is -0.491 e. The Morgan fingerprint density at radius 3 is 2.33 bits per heavy atom. The zero-order valence-electron chi connectivity index (χ0n) is 22.1. The highest BCUT2D eigenvalue weighted by atomic mass is 19.1. The first-order valence-electron chi connectivity index (χ1n) is 11.7. The van der Waals surface area contributed by atoms with Crippen LogP contribution in [-0.4, -0.2) is 60.0 Å². The van der Waals surface area contributed by atoms with Crippen LogP contribution < -0.4 is 25.0 Å². The van der Waals surface area contributed by atoms with Crippen molar-refractivity contribution in [1.29, 1.82) is 0 Å². The summed E-state index contributed by atoms with van der Waals surface area (Å²) in [6.07, 6.45) is 1.48. The van der Waals surface area contributed by atoms with Gasteiger partial charge in [-0.25, -0.2) is 9.37 Å². The van der Waals surface area contributed by atoms with E-state index in [1.54, 1.807) is 19.9 Å². The van der Waals surface area contributed by atoms with E-state index in [-0.39, 0.29) is 39.9 Å². The SMILES string of the molecule is COc1cc2nccc(Oc3ccc(NC(=O)c4c(C)[nH]c(C)c(C(=O)N(C)C)c4=O)cc3F)c2nc1OC. The number of halogens is 1. The first kappa shape index (κ1) is 27.0. The zero-order valence-corrected chi connectivity index (χ0v) is 22.1. The fourth-order valence-electron chi connectivity index (χ4n) is 3.99. The molecule has 0 atom stereocenters. The molecule has 2 amide bonds. The third-order valence-corrected chi connectivity index (χ3v) is 5.86. The van der Waals surface area contributed by atoms with Crippen molar-refractivity contribution in [3.63, 3.8) is 0 Å². The Kier molecular flexibility index (Phi) is 7.47. The van der Waals surface area contributed by atoms with Gasteiger partial charge in [0.15, 0.2) is 23.1 Å². The highest BCUT2D eigenvalue weighted by Gasteiger charge is 2.24. The molecule has 4 rings (SSSR count). The van der Waals surface area contributed by atoms with Gasteiger partial charge in [0.1, 0.15) is 16.6 Å². The molecular weight excluding hydrogens is 509 g/mol. The van der Waals surface area contributed by atoms with E-state index in [0.717, 1.165) is 6.07 Å². The summed E-state index contributed by atoms with van der Waals surface area (Å²) < 4.78 is 31.3. The van der Waals surface area contributed by atoms with E-state index in [9.17, 15) is 14.4 Å². The van der Waals surface area contributed by atoms with Crippen LogP contribution in [0.2, 0.25) is 0 Å². The summed E-state index contributed by atoms with van der Waals surface area (Å²) in [7, 11) is 5.92. The van der Waals surface area contributed by atoms with Crippen LogP contribution in [0.3, 0.4) is 0 Å². The van der Waals surface area contributed by atoms with E-state index in [1.165, 1.54) is 57.6 Å². The van der Waals surface area contributed by atoms with Crippen LogP contribution in [0.15, 0.2) is 41.3 Å². The summed E-state index contributed by atoms with van der Waals surface area (Å²) in [6, 6.07) is 6.94. The van der Waals surface area contributed by atoms with E-state index in [1.807, 2.05) is 0 Å². The lowest BCUT2D eigenvalue weighted by Gasteiger charge is -2.15. The molecule has 0 aliphatic rings. The molecule has 0 unspecified atom stereocenters. The number of hydrogen-bond acceptors (Lipinski definition) is 8. The van der Waals surface area contributed by atoms with Crippen LogP contribution in [-0.2, 0) is 0 Å². The van der Waals surface area contributed by atoms with E-state index in [2.05, 4.69) is 20.3 Å². The summed E-state index contributed by atoms with van der Waals surface area (Å²) >= 11 is 0. The van der Waals surface area contributed by atoms with Crippen molar-refractivity contribution in [2.45, 2.75) is 13.8 Å². The van der Waals surface area contributed by atoms with Crippen molar-refractivity contribution in [3.05, 3.63) is 75.1 Å². The van der Waals surface area contributed by atoms with Crippen LogP contribution in [0, 0.1) is 19.7 Å². The van der Waals surface area contributed by atoms with Crippen molar-refractivity contribution in [2.75, 3.05) is 33.6 Å². The molecule has 0 radical (unpaired) electrons. The van der Waals surface area contributed by atoms with Gasteiger partial charge in [-0.15, -0.1) is 0 Å². The topological polar surface area (TPSA) is 136 Å². The first-order chi connectivity index (χ1) is 18.5. The summed E-state index contributed by atoms with van der Waals surface area (Å²) in [6.45, 7) is 3.12. The maximum Gasteiger partial charge on any atom is 0.261 e. The van der Waals surface area contributed by atoms with E-state index >= 15 is 4.39 Å². The van der Waals surface area contributed by atoms with Gasteiger partial charge in [0, 0.05) is 55.6 Å². The van der Waals surface area contributed by atoms with Gasteiger partial charge in [0.05, 0.1) is 19.7 Å². The number of hydrogen-bond donors (Lipinski definition) is 2. The number of ether oxygens (including phenoxy) is 3. The Bertz CT molecular complexity index is 1670. The number of pyridine rings is 3. The number of rotatable bonds is 7. The number of nitrogens with zero attached hydrogens (tertiary/aromatic N) is 3. The number of methoxy groups -OCH3 is 2. The number of H-pyrrole nitrogens is 1. The standard InChI is InChI=1S/C27H26FN5O6/c1-13-21(24(34)22(14(2)30-13)27(36)33(3)4)25(35)31-15-7-8-18(16(28)11-15)39-19-9-10-29-17-12-20(37-5)26(38-6)32-23(17)19/h7-12H,1-6H3,(H,30,34)(H,31,35). The van der Waals surface area contributed by atoms with Crippen molar-refractivity contribution in [3.8, 4) is 23.1 Å². The fraction of sp³-hybridized carbons (Fsp3) is 0.222. The van der Waals surface area contributed by atoms with E-state index < -0.39 is 23.1 Å². The highest BCUT2D eigenvalue weighted by Crippen LogP contribution is 2.35. The van der Waals surface area contributed by atoms with Crippen molar-refractivity contribution in [2.24, 2.45) is 0 Å². The maximum absolute atomic E-state index is 15.0. The van der Waals surface area contributed by atoms with Crippen LogP contribution in [0.25, 0.3) is 11.0 Å². The van der Waals surface area contributed by atoms with Gasteiger partial charge in [0.2, 0.25) is 5.43 Å². The van der Waals surface area contributed by atoms with Crippen molar-refractivity contribution in [1.82, 2.24) is 19.9 Å². The highest BCUT2D eigenvalue weighted by molar-refractivity contribution is 6.07. The number of aromatic nitrogens is 3. The van der Waals surface area contributed by atoms with E-state index in [4.69, 9.17) is 14.2 Å². The smallest absolute Gasteiger partial charge is 0.261 e. The van der Waals surface area contributed by atoms with Gasteiger partial charge in [0.25, 0.3) is 17.7 Å². The minimum absolute atomic E-state index is 0.0776. The van der Waals surface area contributed by atoms with Gasteiger partial charge in [-0.3, -0.25) is 19.4 Å². The number of benzene rings is 1. The molecule has 0 fully saturated rings. The van der Waals surface area contributed by atoms with E-state index in [0.29, 0.717) is 22.5 Å². The molecular formula is C27H26FN5O6. The Morgan fingerprint density at radius 2 is 1.69 bits per heavy atom. The van der Waals surface area contributed by atoms with Gasteiger partial charge < -0.3 is 29.4 Å². The van der Waals surface area contributed by atoms with Crippen molar-refractivity contribution < 1.29 is 28.2 Å². The molecule has 0 aliphatic heterocycles. The van der Waals surface area contributed by atoms with Gasteiger partial charge >= 0.3 is 0 Å². The lowest BCUT2D eigenvalue weighted by molar-refractivity contribution is 0.0825. The molecule has 0 saturated carbocycles. The summed E-state index contributed by atoms with van der Waals surface area (Å²) in [4.78, 5) is 51.3. The number of anilines is 1. The van der Waals surface area contributed by atoms with Gasteiger partial charge in [-0.05, 0) is 26.0 Å². The number of aromatic amines is 1. The normalized spacial score (nSPS) is 10.7. The molecule has 4 aromatic rings. The van der Waals surface area contributed by atoms with Crippen LogP contribution in [0.4, 0.5) is 10.1 Å². The first-order valence-corrected chi connectivity index (χ1v) is 11.7. The average Bonchev–Trinajstić information content (AvgIpc) is 2.89. The molecule has 3 heterocycles. The molecule has 1 aromatic carbocycles. The number of nitrogens with one attached hydrogen (secondary N) is 2. The molecule has 202 valence electrons. The molecule has 0 aliphatic carbocycles. The molecule has 0 saturated heterocycles. The summed E-state index contributed by atoms with van der Waals surface area (Å²) in [5.41, 5.74) is 0.357. The van der Waals surface area contributed by atoms with Crippen LogP contribution >= 0.6 is 0 Å². The number of amides is 2. The summed E-state index contributed by atoms with van der Waals surface area (Å²) in [5.74, 6) is -1.45. The molecule has 11 nitrogen and oxygen atoms in total. The lowest BCUT2D eigenvalue weighted by atomic mass is 10.1. The molecule has 2 N–H and O–H groups in total. The molecule has 3 aromatic heterocycles. The Balaban J connectivity index is 1.62. The third kappa shape index (κ3) is 5.21. The third-order valence-electron chi connectivity index (χ3n) is 5.86. The Morgan fingerprint density at radius 1 is 0.974 bits per heavy atom. The molecule has 0 bridgehead atoms. The molecule has 0 spiro atoms. The number of carbonyl (C=O) groups excluding carboxylic acids is 2. The maximum atomic E-state index is 15.0. The average molecular weight is 536 g/mol. The second-order valence-electron chi connectivity index (χ2n) is 8.73. The molecule has 12 heteroatoms. The predicted octanol–water partition coefficient (Wildman–Crippen LogP) is 3.84. The predicted molar refractivity (Wildman–Crippen MR) is 142 cm³/mol. The van der Waals surface area contributed by atoms with Gasteiger partial charge in [-0.1, -0.05) is 0 Å². The zero-order chi connectivity index (χ0) is 28.4. The largest absolute Gasteiger partial charge is 0.491 e. The fourth-order valence-corrected chi connectivity index (χ4v) is 3.99. The lowest BCUT2D eigenvalue weighted by Crippen LogP contribution is -2.34. The minimum atomic E-state index is -0.792. The monoisotopic (exact) mass is 535 g/mol. The second kappa shape index (κ2) is 10.8. The Hall–Kier alpha value is -5.00. The quantitative estimate of drug-likeness (QED) is 0.364. The van der Waals surface area contributed by atoms with Crippen LogP contribution in [0.1, 0.15) is 32.1 Å². The Labute approximate surface area is 222 Å². The van der Waals surface area contributed by atoms with Crippen LogP contribution in [0.5, 0.6) is 23.1 Å². The van der Waals surface area contributed by atoms with Crippen molar-refractivity contribution >= 4 is 28.5 Å². The van der Waals surface area contributed by atoms with Gasteiger partial charge in [-0.2, -0.15) is 0 Å². The number of fused-ring (bicyclic) bond motifs is 1. The number of carbonyl (C=O) groups is 2. The number of aryl methyl sites for hydroxylation is 2. The summed E-state index contributed by atoms with van der Waals surface area (Å²) in [5, 5.41) is 2.51.